The van der Waals surface area contributed by atoms with Crippen LogP contribution in [0.25, 0.3) is 0 Å². The average molecular weight is 369 g/mol. The second kappa shape index (κ2) is 7.99. The fourth-order valence-corrected chi connectivity index (χ4v) is 2.94. The number of carbonyl (C=O) groups excluding carboxylic acids is 3. The maximum atomic E-state index is 13.6. The molecule has 2 aromatic rings. The van der Waals surface area contributed by atoms with E-state index in [9.17, 15) is 18.8 Å². The molecule has 27 heavy (non-hydrogen) atoms. The van der Waals surface area contributed by atoms with Gasteiger partial charge in [-0.25, -0.2) is 4.39 Å². The van der Waals surface area contributed by atoms with Crippen molar-refractivity contribution in [1.82, 2.24) is 5.32 Å². The molecule has 6 nitrogen and oxygen atoms in total. The Morgan fingerprint density at radius 3 is 2.48 bits per heavy atom. The minimum absolute atomic E-state index is 0.0508. The molecule has 0 radical (unpaired) electrons. The SMILES string of the molecule is CC(NC(=O)C1CC(=O)N(c2ccccc2)C1)C(=O)Nc1ccccc1F. The Balaban J connectivity index is 1.58. The molecule has 2 N–H and O–H groups in total. The first-order valence-corrected chi connectivity index (χ1v) is 8.67. The molecular weight excluding hydrogens is 349 g/mol. The third kappa shape index (κ3) is 4.31. The minimum Gasteiger partial charge on any atom is -0.344 e. The van der Waals surface area contributed by atoms with E-state index in [1.165, 1.54) is 25.1 Å². The summed E-state index contributed by atoms with van der Waals surface area (Å²) in [6.07, 6.45) is 0.0857. The fraction of sp³-hybridized carbons (Fsp3) is 0.250. The van der Waals surface area contributed by atoms with E-state index >= 15 is 0 Å². The van der Waals surface area contributed by atoms with E-state index in [1.807, 2.05) is 30.3 Å². The first-order valence-electron chi connectivity index (χ1n) is 8.67. The monoisotopic (exact) mass is 369 g/mol. The number of nitrogens with one attached hydrogen (secondary N) is 2. The number of halogens is 1. The van der Waals surface area contributed by atoms with E-state index in [0.717, 1.165) is 5.69 Å². The average Bonchev–Trinajstić information content (AvgIpc) is 3.06. The number of amides is 3. The van der Waals surface area contributed by atoms with Crippen molar-refractivity contribution in [3.05, 3.63) is 60.4 Å². The maximum Gasteiger partial charge on any atom is 0.246 e. The molecule has 1 fully saturated rings. The highest BCUT2D eigenvalue weighted by Crippen LogP contribution is 2.25. The number of para-hydroxylation sites is 2. The Kier molecular flexibility index (Phi) is 5.49. The summed E-state index contributed by atoms with van der Waals surface area (Å²) in [5.41, 5.74) is 0.790. The van der Waals surface area contributed by atoms with Crippen LogP contribution < -0.4 is 15.5 Å². The van der Waals surface area contributed by atoms with E-state index in [4.69, 9.17) is 0 Å². The first-order chi connectivity index (χ1) is 13.0. The smallest absolute Gasteiger partial charge is 0.246 e. The van der Waals surface area contributed by atoms with Gasteiger partial charge >= 0.3 is 0 Å². The van der Waals surface area contributed by atoms with Crippen LogP contribution in [-0.2, 0) is 14.4 Å². The van der Waals surface area contributed by atoms with Crippen LogP contribution in [0.5, 0.6) is 0 Å². The second-order valence-corrected chi connectivity index (χ2v) is 6.44. The van der Waals surface area contributed by atoms with Gasteiger partial charge in [0.2, 0.25) is 17.7 Å². The zero-order chi connectivity index (χ0) is 19.4. The van der Waals surface area contributed by atoms with Crippen LogP contribution in [0.3, 0.4) is 0 Å². The van der Waals surface area contributed by atoms with Gasteiger partial charge in [-0.05, 0) is 31.2 Å². The molecule has 7 heteroatoms. The molecule has 0 bridgehead atoms. The van der Waals surface area contributed by atoms with Crippen molar-refractivity contribution in [1.29, 1.82) is 0 Å². The molecule has 140 valence electrons. The lowest BCUT2D eigenvalue weighted by atomic mass is 10.1. The highest BCUT2D eigenvalue weighted by Gasteiger charge is 2.36. The highest BCUT2D eigenvalue weighted by molar-refractivity contribution is 6.02. The third-order valence-corrected chi connectivity index (χ3v) is 4.45. The number of anilines is 2. The van der Waals surface area contributed by atoms with Crippen molar-refractivity contribution in [2.75, 3.05) is 16.8 Å². The van der Waals surface area contributed by atoms with Crippen molar-refractivity contribution in [3.8, 4) is 0 Å². The van der Waals surface area contributed by atoms with Gasteiger partial charge in [0.15, 0.2) is 0 Å². The van der Waals surface area contributed by atoms with Crippen LogP contribution >= 0.6 is 0 Å². The number of hydrogen-bond acceptors (Lipinski definition) is 3. The summed E-state index contributed by atoms with van der Waals surface area (Å²) < 4.78 is 13.6. The minimum atomic E-state index is -0.863. The van der Waals surface area contributed by atoms with Gasteiger partial charge in [-0.15, -0.1) is 0 Å². The number of carbonyl (C=O) groups is 3. The van der Waals surface area contributed by atoms with Crippen LogP contribution in [0.4, 0.5) is 15.8 Å². The standard InChI is InChI=1S/C20H20FN3O3/c1-13(19(26)23-17-10-6-5-9-16(17)21)22-20(27)14-11-18(25)24(12-14)15-7-3-2-4-8-15/h2-10,13-14H,11-12H2,1H3,(H,22,27)(H,23,26). The third-order valence-electron chi connectivity index (χ3n) is 4.45. The van der Waals surface area contributed by atoms with Crippen molar-refractivity contribution in [2.24, 2.45) is 5.92 Å². The van der Waals surface area contributed by atoms with Crippen LogP contribution in [0.2, 0.25) is 0 Å². The van der Waals surface area contributed by atoms with E-state index in [2.05, 4.69) is 10.6 Å². The van der Waals surface area contributed by atoms with Gasteiger partial charge in [0.05, 0.1) is 11.6 Å². The van der Waals surface area contributed by atoms with Gasteiger partial charge in [0.25, 0.3) is 0 Å². The summed E-state index contributed by atoms with van der Waals surface area (Å²) in [6, 6.07) is 14.1. The molecule has 3 amide bonds. The lowest BCUT2D eigenvalue weighted by Crippen LogP contribution is -2.44. The number of rotatable bonds is 5. The van der Waals surface area contributed by atoms with Crippen molar-refractivity contribution in [2.45, 2.75) is 19.4 Å². The lowest BCUT2D eigenvalue weighted by Gasteiger charge is -2.18. The molecule has 2 aromatic carbocycles. The Morgan fingerprint density at radius 1 is 1.11 bits per heavy atom. The van der Waals surface area contributed by atoms with Gasteiger partial charge in [-0.1, -0.05) is 30.3 Å². The summed E-state index contributed by atoms with van der Waals surface area (Å²) in [5.74, 6) is -2.13. The molecule has 2 atom stereocenters. The molecule has 0 aromatic heterocycles. The number of hydrogen-bond donors (Lipinski definition) is 2. The lowest BCUT2D eigenvalue weighted by molar-refractivity contribution is -0.129. The predicted octanol–water partition coefficient (Wildman–Crippen LogP) is 2.32. The second-order valence-electron chi connectivity index (χ2n) is 6.44. The Bertz CT molecular complexity index is 857. The highest BCUT2D eigenvalue weighted by atomic mass is 19.1. The van der Waals surface area contributed by atoms with Gasteiger partial charge in [-0.3, -0.25) is 14.4 Å². The fourth-order valence-electron chi connectivity index (χ4n) is 2.94. The van der Waals surface area contributed by atoms with Crippen molar-refractivity contribution < 1.29 is 18.8 Å². The molecule has 0 saturated carbocycles. The zero-order valence-electron chi connectivity index (χ0n) is 14.8. The molecule has 2 unspecified atom stereocenters. The summed E-state index contributed by atoms with van der Waals surface area (Å²) >= 11 is 0. The van der Waals surface area contributed by atoms with Crippen molar-refractivity contribution >= 4 is 29.1 Å². The number of benzene rings is 2. The Morgan fingerprint density at radius 2 is 1.78 bits per heavy atom. The maximum absolute atomic E-state index is 13.6. The molecule has 0 aliphatic carbocycles. The van der Waals surface area contributed by atoms with Gasteiger partial charge < -0.3 is 15.5 Å². The van der Waals surface area contributed by atoms with Crippen LogP contribution in [0.1, 0.15) is 13.3 Å². The van der Waals surface area contributed by atoms with E-state index in [1.54, 1.807) is 11.0 Å². The van der Waals surface area contributed by atoms with E-state index in [0.29, 0.717) is 0 Å². The Labute approximate surface area is 156 Å². The first kappa shape index (κ1) is 18.6. The Hall–Kier alpha value is -3.22. The number of nitrogens with zero attached hydrogens (tertiary/aromatic N) is 1. The summed E-state index contributed by atoms with van der Waals surface area (Å²) in [7, 11) is 0. The van der Waals surface area contributed by atoms with Crippen molar-refractivity contribution in [3.63, 3.8) is 0 Å². The summed E-state index contributed by atoms with van der Waals surface area (Å²) in [4.78, 5) is 38.4. The van der Waals surface area contributed by atoms with E-state index in [-0.39, 0.29) is 30.5 Å². The summed E-state index contributed by atoms with van der Waals surface area (Å²) in [5, 5.41) is 5.04. The molecule has 1 aliphatic rings. The molecular formula is C20H20FN3O3. The van der Waals surface area contributed by atoms with E-state index < -0.39 is 23.7 Å². The molecule has 0 spiro atoms. The van der Waals surface area contributed by atoms with Crippen LogP contribution in [0.15, 0.2) is 54.6 Å². The quantitative estimate of drug-likeness (QED) is 0.849. The zero-order valence-corrected chi connectivity index (χ0v) is 14.8. The molecule has 1 saturated heterocycles. The van der Waals surface area contributed by atoms with Crippen LogP contribution in [0, 0.1) is 11.7 Å². The normalized spacial score (nSPS) is 17.5. The molecule has 1 heterocycles. The summed E-state index contributed by atoms with van der Waals surface area (Å²) in [6.45, 7) is 1.77. The van der Waals surface area contributed by atoms with Gasteiger partial charge in [-0.2, -0.15) is 0 Å². The predicted molar refractivity (Wildman–Crippen MR) is 99.5 cm³/mol. The van der Waals surface area contributed by atoms with Crippen LogP contribution in [-0.4, -0.2) is 30.3 Å². The topological polar surface area (TPSA) is 78.5 Å². The molecule has 1 aliphatic heterocycles. The molecule has 3 rings (SSSR count). The van der Waals surface area contributed by atoms with Gasteiger partial charge in [0, 0.05) is 18.7 Å². The largest absolute Gasteiger partial charge is 0.344 e. The van der Waals surface area contributed by atoms with Gasteiger partial charge in [0.1, 0.15) is 11.9 Å².